The minimum absolute atomic E-state index is 0.0503. The standard InChI is InChI=1S/C16H23ClN2O/c17-14-8-6-13(7-9-14)16(20)19-11-15(18)10-12-4-2-1-3-5-12/h6-9,12,15H,1-5,10-11,18H2,(H,19,20). The first-order valence-corrected chi connectivity index (χ1v) is 7.82. The summed E-state index contributed by atoms with van der Waals surface area (Å²) in [5.41, 5.74) is 6.74. The van der Waals surface area contributed by atoms with Crippen LogP contribution in [0.25, 0.3) is 0 Å². The molecule has 1 atom stereocenters. The van der Waals surface area contributed by atoms with Crippen LogP contribution in [0.1, 0.15) is 48.9 Å². The molecule has 4 heteroatoms. The molecule has 1 aliphatic carbocycles. The zero-order chi connectivity index (χ0) is 14.4. The Hall–Kier alpha value is -1.06. The van der Waals surface area contributed by atoms with Gasteiger partial charge in [0.25, 0.3) is 5.91 Å². The van der Waals surface area contributed by atoms with Crippen molar-refractivity contribution in [3.8, 4) is 0 Å². The predicted molar refractivity (Wildman–Crippen MR) is 83.0 cm³/mol. The molecule has 0 aromatic heterocycles. The molecule has 1 aliphatic rings. The molecule has 2 rings (SSSR count). The van der Waals surface area contributed by atoms with E-state index in [-0.39, 0.29) is 11.9 Å². The minimum atomic E-state index is -0.0826. The second-order valence-electron chi connectivity index (χ2n) is 5.72. The van der Waals surface area contributed by atoms with E-state index in [0.29, 0.717) is 17.1 Å². The first-order chi connectivity index (χ1) is 9.65. The molecule has 0 radical (unpaired) electrons. The number of nitrogens with one attached hydrogen (secondary N) is 1. The largest absolute Gasteiger partial charge is 0.350 e. The topological polar surface area (TPSA) is 55.1 Å². The van der Waals surface area contributed by atoms with Gasteiger partial charge in [0.1, 0.15) is 0 Å². The number of benzene rings is 1. The Morgan fingerprint density at radius 1 is 1.25 bits per heavy atom. The molecular formula is C16H23ClN2O. The van der Waals surface area contributed by atoms with Crippen LogP contribution in [-0.2, 0) is 0 Å². The maximum absolute atomic E-state index is 11.9. The summed E-state index contributed by atoms with van der Waals surface area (Å²) >= 11 is 5.80. The van der Waals surface area contributed by atoms with E-state index in [2.05, 4.69) is 5.32 Å². The van der Waals surface area contributed by atoms with Crippen LogP contribution in [0.15, 0.2) is 24.3 Å². The Bertz CT molecular complexity index is 427. The molecule has 3 nitrogen and oxygen atoms in total. The lowest BCUT2D eigenvalue weighted by Gasteiger charge is -2.24. The normalized spacial score (nSPS) is 17.7. The fraction of sp³-hybridized carbons (Fsp3) is 0.562. The second-order valence-corrected chi connectivity index (χ2v) is 6.15. The molecule has 0 aliphatic heterocycles. The van der Waals surface area contributed by atoms with Gasteiger partial charge >= 0.3 is 0 Å². The number of hydrogen-bond donors (Lipinski definition) is 2. The quantitative estimate of drug-likeness (QED) is 0.875. The van der Waals surface area contributed by atoms with Crippen molar-refractivity contribution < 1.29 is 4.79 Å². The highest BCUT2D eigenvalue weighted by Crippen LogP contribution is 2.26. The highest BCUT2D eigenvalue weighted by atomic mass is 35.5. The number of rotatable bonds is 5. The summed E-state index contributed by atoms with van der Waals surface area (Å²) in [4.78, 5) is 11.9. The number of nitrogens with two attached hydrogens (primary N) is 1. The van der Waals surface area contributed by atoms with Gasteiger partial charge in [0.05, 0.1) is 0 Å². The van der Waals surface area contributed by atoms with Crippen LogP contribution in [0.2, 0.25) is 5.02 Å². The summed E-state index contributed by atoms with van der Waals surface area (Å²) in [6.07, 6.45) is 7.61. The number of hydrogen-bond acceptors (Lipinski definition) is 2. The van der Waals surface area contributed by atoms with Crippen LogP contribution in [0, 0.1) is 5.92 Å². The molecule has 110 valence electrons. The summed E-state index contributed by atoms with van der Waals surface area (Å²) in [5, 5.41) is 3.54. The van der Waals surface area contributed by atoms with Crippen molar-refractivity contribution in [3.05, 3.63) is 34.9 Å². The zero-order valence-electron chi connectivity index (χ0n) is 11.8. The highest BCUT2D eigenvalue weighted by molar-refractivity contribution is 6.30. The third kappa shape index (κ3) is 4.80. The van der Waals surface area contributed by atoms with E-state index in [4.69, 9.17) is 17.3 Å². The first-order valence-electron chi connectivity index (χ1n) is 7.44. The third-order valence-electron chi connectivity index (χ3n) is 3.99. The van der Waals surface area contributed by atoms with Crippen LogP contribution in [-0.4, -0.2) is 18.5 Å². The van der Waals surface area contributed by atoms with E-state index >= 15 is 0 Å². The molecule has 3 N–H and O–H groups in total. The average Bonchev–Trinajstić information content (AvgIpc) is 2.46. The van der Waals surface area contributed by atoms with Gasteiger partial charge in [-0.3, -0.25) is 4.79 Å². The van der Waals surface area contributed by atoms with Gasteiger partial charge in [-0.1, -0.05) is 43.7 Å². The fourth-order valence-corrected chi connectivity index (χ4v) is 2.99. The molecule has 0 saturated heterocycles. The van der Waals surface area contributed by atoms with Gasteiger partial charge in [-0.25, -0.2) is 0 Å². The van der Waals surface area contributed by atoms with Gasteiger partial charge in [-0.05, 0) is 36.6 Å². The first kappa shape index (κ1) is 15.3. The molecule has 0 bridgehead atoms. The number of halogens is 1. The molecule has 0 heterocycles. The maximum Gasteiger partial charge on any atom is 0.251 e. The van der Waals surface area contributed by atoms with Gasteiger partial charge < -0.3 is 11.1 Å². The summed E-state index contributed by atoms with van der Waals surface area (Å²) < 4.78 is 0. The van der Waals surface area contributed by atoms with E-state index in [0.717, 1.165) is 12.3 Å². The van der Waals surface area contributed by atoms with Crippen molar-refractivity contribution in [1.29, 1.82) is 0 Å². The number of carbonyl (C=O) groups excluding carboxylic acids is 1. The van der Waals surface area contributed by atoms with Crippen molar-refractivity contribution in [2.75, 3.05) is 6.54 Å². The predicted octanol–water partition coefficient (Wildman–Crippen LogP) is 3.37. The lowest BCUT2D eigenvalue weighted by Crippen LogP contribution is -2.38. The van der Waals surface area contributed by atoms with Gasteiger partial charge in [0.2, 0.25) is 0 Å². The van der Waals surface area contributed by atoms with Crippen molar-refractivity contribution >= 4 is 17.5 Å². The molecule has 1 saturated carbocycles. The summed E-state index contributed by atoms with van der Waals surface area (Å²) in [7, 11) is 0. The Labute approximate surface area is 125 Å². The number of amides is 1. The van der Waals surface area contributed by atoms with Crippen molar-refractivity contribution in [3.63, 3.8) is 0 Å². The van der Waals surface area contributed by atoms with Crippen LogP contribution < -0.4 is 11.1 Å². The molecule has 20 heavy (non-hydrogen) atoms. The number of carbonyl (C=O) groups is 1. The van der Waals surface area contributed by atoms with Gasteiger partial charge in [0.15, 0.2) is 0 Å². The van der Waals surface area contributed by atoms with E-state index in [1.165, 1.54) is 32.1 Å². The average molecular weight is 295 g/mol. The molecule has 1 unspecified atom stereocenters. The van der Waals surface area contributed by atoms with Crippen LogP contribution in [0.5, 0.6) is 0 Å². The summed E-state index contributed by atoms with van der Waals surface area (Å²) in [6, 6.07) is 6.94. The van der Waals surface area contributed by atoms with Gasteiger partial charge in [0, 0.05) is 23.2 Å². The van der Waals surface area contributed by atoms with Crippen molar-refractivity contribution in [1.82, 2.24) is 5.32 Å². The molecule has 0 spiro atoms. The molecule has 1 aromatic carbocycles. The Balaban J connectivity index is 1.73. The van der Waals surface area contributed by atoms with Crippen LogP contribution in [0.4, 0.5) is 0 Å². The fourth-order valence-electron chi connectivity index (χ4n) is 2.86. The highest BCUT2D eigenvalue weighted by Gasteiger charge is 2.17. The van der Waals surface area contributed by atoms with Crippen molar-refractivity contribution in [2.45, 2.75) is 44.6 Å². The smallest absolute Gasteiger partial charge is 0.251 e. The lowest BCUT2D eigenvalue weighted by atomic mass is 9.85. The van der Waals surface area contributed by atoms with E-state index in [1.807, 2.05) is 0 Å². The molecule has 1 aromatic rings. The van der Waals surface area contributed by atoms with E-state index in [1.54, 1.807) is 24.3 Å². The minimum Gasteiger partial charge on any atom is -0.350 e. The van der Waals surface area contributed by atoms with Crippen LogP contribution in [0.3, 0.4) is 0 Å². The van der Waals surface area contributed by atoms with E-state index in [9.17, 15) is 4.79 Å². The Morgan fingerprint density at radius 2 is 1.90 bits per heavy atom. The van der Waals surface area contributed by atoms with Gasteiger partial charge in [-0.2, -0.15) is 0 Å². The van der Waals surface area contributed by atoms with Crippen LogP contribution >= 0.6 is 11.6 Å². The van der Waals surface area contributed by atoms with E-state index < -0.39 is 0 Å². The Morgan fingerprint density at radius 3 is 2.55 bits per heavy atom. The summed E-state index contributed by atoms with van der Waals surface area (Å²) in [6.45, 7) is 0.540. The molecule has 1 fully saturated rings. The SMILES string of the molecule is NC(CNC(=O)c1ccc(Cl)cc1)CC1CCCCC1. The Kier molecular flexibility index (Phi) is 5.86. The molecular weight excluding hydrogens is 272 g/mol. The second kappa shape index (κ2) is 7.65. The third-order valence-corrected chi connectivity index (χ3v) is 4.24. The maximum atomic E-state index is 11.9. The zero-order valence-corrected chi connectivity index (χ0v) is 12.5. The van der Waals surface area contributed by atoms with Crippen molar-refractivity contribution in [2.24, 2.45) is 11.7 Å². The van der Waals surface area contributed by atoms with Gasteiger partial charge in [-0.15, -0.1) is 0 Å². The monoisotopic (exact) mass is 294 g/mol. The summed E-state index contributed by atoms with van der Waals surface area (Å²) in [5.74, 6) is 0.659. The lowest BCUT2D eigenvalue weighted by molar-refractivity contribution is 0.0949. The molecule has 1 amide bonds.